The highest BCUT2D eigenvalue weighted by molar-refractivity contribution is 6.30. The van der Waals surface area contributed by atoms with Crippen molar-refractivity contribution >= 4 is 22.8 Å². The van der Waals surface area contributed by atoms with Gasteiger partial charge in [0.2, 0.25) is 0 Å². The van der Waals surface area contributed by atoms with E-state index in [9.17, 15) is 9.18 Å². The molecular formula is C17H11ClFN5O. The van der Waals surface area contributed by atoms with Crippen LogP contribution in [-0.2, 0) is 6.54 Å². The molecule has 0 spiro atoms. The summed E-state index contributed by atoms with van der Waals surface area (Å²) in [4.78, 5) is 16.9. The van der Waals surface area contributed by atoms with Crippen LogP contribution in [0, 0.1) is 5.82 Å². The zero-order chi connectivity index (χ0) is 17.4. The van der Waals surface area contributed by atoms with E-state index in [4.69, 9.17) is 11.6 Å². The first-order valence-electron chi connectivity index (χ1n) is 7.43. The molecule has 0 radical (unpaired) electrons. The number of aromatic nitrogens is 5. The predicted molar refractivity (Wildman–Crippen MR) is 91.4 cm³/mol. The van der Waals surface area contributed by atoms with Crippen molar-refractivity contribution in [2.75, 3.05) is 0 Å². The first kappa shape index (κ1) is 15.5. The van der Waals surface area contributed by atoms with E-state index < -0.39 is 0 Å². The largest absolute Gasteiger partial charge is 0.293 e. The lowest BCUT2D eigenvalue weighted by atomic mass is 10.2. The molecule has 4 aromatic rings. The molecule has 4 rings (SSSR count). The van der Waals surface area contributed by atoms with Gasteiger partial charge >= 0.3 is 0 Å². The van der Waals surface area contributed by atoms with Crippen LogP contribution in [-0.4, -0.2) is 24.5 Å². The van der Waals surface area contributed by atoms with Crippen molar-refractivity contribution in [2.45, 2.75) is 6.54 Å². The van der Waals surface area contributed by atoms with Crippen molar-refractivity contribution in [3.05, 3.63) is 81.6 Å². The second-order valence-corrected chi connectivity index (χ2v) is 5.89. The van der Waals surface area contributed by atoms with E-state index >= 15 is 0 Å². The van der Waals surface area contributed by atoms with Crippen molar-refractivity contribution < 1.29 is 4.39 Å². The molecule has 0 N–H and O–H groups in total. The van der Waals surface area contributed by atoms with E-state index in [-0.39, 0.29) is 23.4 Å². The number of halogens is 2. The molecule has 0 fully saturated rings. The lowest BCUT2D eigenvalue weighted by Gasteiger charge is -2.06. The number of nitrogens with zero attached hydrogens (tertiary/aromatic N) is 5. The topological polar surface area (TPSA) is 65.6 Å². The first-order valence-corrected chi connectivity index (χ1v) is 7.81. The summed E-state index contributed by atoms with van der Waals surface area (Å²) >= 11 is 5.89. The van der Waals surface area contributed by atoms with Crippen LogP contribution in [0.2, 0.25) is 5.02 Å². The Kier molecular flexibility index (Phi) is 3.77. The van der Waals surface area contributed by atoms with Crippen molar-refractivity contribution in [1.82, 2.24) is 24.5 Å². The fourth-order valence-corrected chi connectivity index (χ4v) is 2.63. The predicted octanol–water partition coefficient (Wildman–Crippen LogP) is 2.82. The molecule has 0 amide bonds. The summed E-state index contributed by atoms with van der Waals surface area (Å²) in [5.41, 5.74) is 1.71. The third-order valence-corrected chi connectivity index (χ3v) is 4.02. The molecular weight excluding hydrogens is 345 g/mol. The Morgan fingerprint density at radius 1 is 1.04 bits per heavy atom. The summed E-state index contributed by atoms with van der Waals surface area (Å²) in [6.07, 6.45) is 1.43. The molecule has 8 heteroatoms. The summed E-state index contributed by atoms with van der Waals surface area (Å²) in [5.74, 6) is -0.324. The van der Waals surface area contributed by atoms with Gasteiger partial charge in [-0.1, -0.05) is 28.9 Å². The Bertz CT molecular complexity index is 1100. The van der Waals surface area contributed by atoms with Gasteiger partial charge in [-0.2, -0.15) is 4.68 Å². The number of hydrogen-bond donors (Lipinski definition) is 0. The highest BCUT2D eigenvalue weighted by Gasteiger charge is 2.13. The fourth-order valence-electron chi connectivity index (χ4n) is 2.50. The third-order valence-electron chi connectivity index (χ3n) is 3.77. The molecule has 2 heterocycles. The zero-order valence-corrected chi connectivity index (χ0v) is 13.6. The Hall–Kier alpha value is -3.06. The molecule has 0 saturated heterocycles. The lowest BCUT2D eigenvalue weighted by Crippen LogP contribution is -2.21. The second kappa shape index (κ2) is 6.10. The van der Waals surface area contributed by atoms with Crippen LogP contribution >= 0.6 is 11.6 Å². The summed E-state index contributed by atoms with van der Waals surface area (Å²) in [7, 11) is 0. The van der Waals surface area contributed by atoms with Crippen molar-refractivity contribution in [3.63, 3.8) is 0 Å². The molecule has 0 aliphatic carbocycles. The van der Waals surface area contributed by atoms with Crippen LogP contribution in [0.3, 0.4) is 0 Å². The summed E-state index contributed by atoms with van der Waals surface area (Å²) in [5, 5.41) is 8.57. The van der Waals surface area contributed by atoms with Gasteiger partial charge in [-0.15, -0.1) is 5.10 Å². The van der Waals surface area contributed by atoms with E-state index in [2.05, 4.69) is 15.3 Å². The van der Waals surface area contributed by atoms with Crippen LogP contribution in [0.15, 0.2) is 59.7 Å². The maximum absolute atomic E-state index is 13.0. The molecule has 25 heavy (non-hydrogen) atoms. The SMILES string of the molecule is O=c1c2nnn(-c3ccc(Cl)cc3)c2ncn1Cc1ccc(F)cc1. The van der Waals surface area contributed by atoms with E-state index in [0.717, 1.165) is 5.56 Å². The van der Waals surface area contributed by atoms with Gasteiger partial charge in [0, 0.05) is 5.02 Å². The Morgan fingerprint density at radius 2 is 1.76 bits per heavy atom. The lowest BCUT2D eigenvalue weighted by molar-refractivity contribution is 0.626. The van der Waals surface area contributed by atoms with E-state index in [0.29, 0.717) is 16.4 Å². The minimum absolute atomic E-state index is 0.166. The smallest absolute Gasteiger partial charge is 0.283 e. The van der Waals surface area contributed by atoms with Gasteiger partial charge in [0.15, 0.2) is 11.2 Å². The highest BCUT2D eigenvalue weighted by Crippen LogP contribution is 2.15. The minimum atomic E-state index is -0.324. The van der Waals surface area contributed by atoms with Gasteiger partial charge in [-0.3, -0.25) is 9.36 Å². The fraction of sp³-hybridized carbons (Fsp3) is 0.0588. The van der Waals surface area contributed by atoms with Crippen LogP contribution in [0.4, 0.5) is 4.39 Å². The van der Waals surface area contributed by atoms with Crippen LogP contribution in [0.25, 0.3) is 16.9 Å². The molecule has 6 nitrogen and oxygen atoms in total. The second-order valence-electron chi connectivity index (χ2n) is 5.45. The van der Waals surface area contributed by atoms with Crippen molar-refractivity contribution in [2.24, 2.45) is 0 Å². The van der Waals surface area contributed by atoms with Gasteiger partial charge in [0.1, 0.15) is 12.1 Å². The summed E-state index contributed by atoms with van der Waals surface area (Å²) in [6.45, 7) is 0.274. The van der Waals surface area contributed by atoms with Crippen LogP contribution < -0.4 is 5.56 Å². The van der Waals surface area contributed by atoms with Gasteiger partial charge in [0.25, 0.3) is 5.56 Å². The van der Waals surface area contributed by atoms with Crippen molar-refractivity contribution in [1.29, 1.82) is 0 Å². The number of fused-ring (bicyclic) bond motifs is 1. The summed E-state index contributed by atoms with van der Waals surface area (Å²) in [6, 6.07) is 12.9. The maximum Gasteiger partial charge on any atom is 0.283 e. The number of hydrogen-bond acceptors (Lipinski definition) is 4. The van der Waals surface area contributed by atoms with Crippen molar-refractivity contribution in [3.8, 4) is 5.69 Å². The molecule has 0 atom stereocenters. The monoisotopic (exact) mass is 355 g/mol. The van der Waals surface area contributed by atoms with E-state index in [1.54, 1.807) is 36.4 Å². The molecule has 0 bridgehead atoms. The van der Waals surface area contributed by atoms with Crippen LogP contribution in [0.5, 0.6) is 0 Å². The molecule has 124 valence electrons. The zero-order valence-electron chi connectivity index (χ0n) is 12.8. The quantitative estimate of drug-likeness (QED) is 0.567. The molecule has 2 aromatic heterocycles. The highest BCUT2D eigenvalue weighted by atomic mass is 35.5. The number of benzene rings is 2. The molecule has 2 aromatic carbocycles. The molecule has 0 unspecified atom stereocenters. The average molecular weight is 356 g/mol. The standard InChI is InChI=1S/C17H11ClFN5O/c18-12-3-7-14(8-4-12)24-16-15(21-22-24)17(25)23(10-20-16)9-11-1-5-13(19)6-2-11/h1-8,10H,9H2. The average Bonchev–Trinajstić information content (AvgIpc) is 3.05. The Balaban J connectivity index is 1.75. The number of rotatable bonds is 3. The third kappa shape index (κ3) is 2.89. The van der Waals surface area contributed by atoms with Gasteiger partial charge < -0.3 is 0 Å². The Labute approximate surface area is 146 Å². The normalized spacial score (nSPS) is 11.1. The van der Waals surface area contributed by atoms with E-state index in [1.807, 2.05) is 0 Å². The Morgan fingerprint density at radius 3 is 2.48 bits per heavy atom. The van der Waals surface area contributed by atoms with E-state index in [1.165, 1.54) is 27.7 Å². The summed E-state index contributed by atoms with van der Waals surface area (Å²) < 4.78 is 15.9. The molecule has 0 aliphatic rings. The minimum Gasteiger partial charge on any atom is -0.293 e. The molecule has 0 aliphatic heterocycles. The van der Waals surface area contributed by atoms with Gasteiger partial charge in [-0.25, -0.2) is 9.37 Å². The maximum atomic E-state index is 13.0. The molecule has 0 saturated carbocycles. The van der Waals surface area contributed by atoms with Gasteiger partial charge in [-0.05, 0) is 42.0 Å². The van der Waals surface area contributed by atoms with Gasteiger partial charge in [0.05, 0.1) is 12.2 Å². The first-order chi connectivity index (χ1) is 12.1. The van der Waals surface area contributed by atoms with Crippen LogP contribution in [0.1, 0.15) is 5.56 Å².